The first-order valence-corrected chi connectivity index (χ1v) is 7.58. The lowest BCUT2D eigenvalue weighted by Crippen LogP contribution is -2.19. The molecule has 0 saturated carbocycles. The molecule has 0 fully saturated rings. The van der Waals surface area contributed by atoms with Crippen LogP contribution in [0.4, 0.5) is 0 Å². The average molecular weight is 291 g/mol. The maximum absolute atomic E-state index is 5.61. The fourth-order valence-electron chi connectivity index (χ4n) is 2.83. The SMILES string of the molecule is C/C(=C\c1ccccc1)CN(C)Cc1cccc2ccoc12. The molecule has 0 unspecified atom stereocenters. The van der Waals surface area contributed by atoms with Gasteiger partial charge >= 0.3 is 0 Å². The van der Waals surface area contributed by atoms with Crippen LogP contribution in [0.5, 0.6) is 0 Å². The summed E-state index contributed by atoms with van der Waals surface area (Å²) in [6, 6.07) is 18.8. The molecule has 3 rings (SSSR count). The predicted molar refractivity (Wildman–Crippen MR) is 92.6 cm³/mol. The van der Waals surface area contributed by atoms with Crippen LogP contribution in [-0.2, 0) is 6.54 Å². The molecule has 2 heteroatoms. The van der Waals surface area contributed by atoms with E-state index in [2.05, 4.69) is 67.4 Å². The van der Waals surface area contributed by atoms with Gasteiger partial charge in [0.25, 0.3) is 0 Å². The molecule has 0 amide bonds. The molecule has 0 radical (unpaired) electrons. The van der Waals surface area contributed by atoms with Crippen molar-refractivity contribution in [1.82, 2.24) is 4.90 Å². The third-order valence-electron chi connectivity index (χ3n) is 3.73. The van der Waals surface area contributed by atoms with E-state index in [0.29, 0.717) is 0 Å². The molecular formula is C20H21NO. The summed E-state index contributed by atoms with van der Waals surface area (Å²) in [5, 5.41) is 1.17. The fourth-order valence-corrected chi connectivity index (χ4v) is 2.83. The summed E-state index contributed by atoms with van der Waals surface area (Å²) in [4.78, 5) is 2.31. The molecule has 0 N–H and O–H groups in total. The highest BCUT2D eigenvalue weighted by molar-refractivity contribution is 5.80. The minimum absolute atomic E-state index is 0.880. The molecule has 0 aliphatic heterocycles. The van der Waals surface area contributed by atoms with E-state index >= 15 is 0 Å². The van der Waals surface area contributed by atoms with Crippen LogP contribution in [0, 0.1) is 0 Å². The second kappa shape index (κ2) is 6.63. The topological polar surface area (TPSA) is 16.4 Å². The zero-order valence-electron chi connectivity index (χ0n) is 13.1. The normalized spacial score (nSPS) is 12.2. The molecule has 2 nitrogen and oxygen atoms in total. The first kappa shape index (κ1) is 14.6. The Hall–Kier alpha value is -2.32. The molecule has 0 saturated heterocycles. The van der Waals surface area contributed by atoms with Crippen LogP contribution in [0.2, 0.25) is 0 Å². The molecule has 0 bridgehead atoms. The summed E-state index contributed by atoms with van der Waals surface area (Å²) in [5.74, 6) is 0. The van der Waals surface area contributed by atoms with Gasteiger partial charge in [0.2, 0.25) is 0 Å². The van der Waals surface area contributed by atoms with Gasteiger partial charge in [0.05, 0.1) is 6.26 Å². The highest BCUT2D eigenvalue weighted by Gasteiger charge is 2.07. The van der Waals surface area contributed by atoms with E-state index < -0.39 is 0 Å². The molecule has 112 valence electrons. The van der Waals surface area contributed by atoms with Crippen LogP contribution < -0.4 is 0 Å². The number of benzene rings is 2. The summed E-state index contributed by atoms with van der Waals surface area (Å²) in [6.45, 7) is 3.99. The summed E-state index contributed by atoms with van der Waals surface area (Å²) in [5.41, 5.74) is 4.83. The number of para-hydroxylation sites is 1. The van der Waals surface area contributed by atoms with Crippen LogP contribution in [0.3, 0.4) is 0 Å². The highest BCUT2D eigenvalue weighted by atomic mass is 16.3. The lowest BCUT2D eigenvalue weighted by atomic mass is 10.1. The molecule has 0 aliphatic carbocycles. The number of rotatable bonds is 5. The Labute approximate surface area is 131 Å². The highest BCUT2D eigenvalue weighted by Crippen LogP contribution is 2.21. The Bertz CT molecular complexity index is 771. The van der Waals surface area contributed by atoms with E-state index in [1.807, 2.05) is 12.1 Å². The van der Waals surface area contributed by atoms with Gasteiger partial charge in [-0.25, -0.2) is 0 Å². The minimum atomic E-state index is 0.880. The second-order valence-corrected chi connectivity index (χ2v) is 5.83. The lowest BCUT2D eigenvalue weighted by Gasteiger charge is -2.17. The summed E-state index contributed by atoms with van der Waals surface area (Å²) >= 11 is 0. The van der Waals surface area contributed by atoms with Crippen molar-refractivity contribution in [3.63, 3.8) is 0 Å². The third-order valence-corrected chi connectivity index (χ3v) is 3.73. The van der Waals surface area contributed by atoms with Gasteiger partial charge in [-0.3, -0.25) is 4.90 Å². The molecule has 1 aromatic heterocycles. The largest absolute Gasteiger partial charge is 0.464 e. The number of hydrogen-bond acceptors (Lipinski definition) is 2. The first-order valence-electron chi connectivity index (χ1n) is 7.58. The minimum Gasteiger partial charge on any atom is -0.464 e. The van der Waals surface area contributed by atoms with Crippen molar-refractivity contribution in [2.24, 2.45) is 0 Å². The van der Waals surface area contributed by atoms with E-state index in [9.17, 15) is 0 Å². The van der Waals surface area contributed by atoms with Gasteiger partial charge in [-0.2, -0.15) is 0 Å². The number of furan rings is 1. The van der Waals surface area contributed by atoms with Gasteiger partial charge in [-0.15, -0.1) is 0 Å². The van der Waals surface area contributed by atoms with E-state index in [1.54, 1.807) is 6.26 Å². The van der Waals surface area contributed by atoms with E-state index in [4.69, 9.17) is 4.42 Å². The molecular weight excluding hydrogens is 270 g/mol. The zero-order valence-corrected chi connectivity index (χ0v) is 13.1. The van der Waals surface area contributed by atoms with Gasteiger partial charge in [-0.05, 0) is 25.6 Å². The molecule has 2 aromatic carbocycles. The molecule has 1 heterocycles. The van der Waals surface area contributed by atoms with Crippen molar-refractivity contribution in [1.29, 1.82) is 0 Å². The standard InChI is InChI=1S/C20H21NO/c1-16(13-17-7-4-3-5-8-17)14-21(2)15-19-10-6-9-18-11-12-22-20(18)19/h3-13H,14-15H2,1-2H3/b16-13+. The predicted octanol–water partition coefficient (Wildman–Crippen LogP) is 4.97. The number of hydrogen-bond donors (Lipinski definition) is 0. The Morgan fingerprint density at radius 2 is 1.86 bits per heavy atom. The lowest BCUT2D eigenvalue weighted by molar-refractivity contribution is 0.355. The monoisotopic (exact) mass is 291 g/mol. The average Bonchev–Trinajstić information content (AvgIpc) is 2.97. The van der Waals surface area contributed by atoms with Crippen molar-refractivity contribution in [3.05, 3.63) is 77.6 Å². The number of likely N-dealkylation sites (N-methyl/N-ethyl adjacent to an activating group) is 1. The molecule has 22 heavy (non-hydrogen) atoms. The van der Waals surface area contributed by atoms with E-state index in [-0.39, 0.29) is 0 Å². The van der Waals surface area contributed by atoms with Crippen molar-refractivity contribution in [2.75, 3.05) is 13.6 Å². The summed E-state index contributed by atoms with van der Waals surface area (Å²) < 4.78 is 5.61. The van der Waals surface area contributed by atoms with Crippen LogP contribution in [0.15, 0.2) is 70.9 Å². The quantitative estimate of drug-likeness (QED) is 0.660. The Morgan fingerprint density at radius 3 is 2.68 bits per heavy atom. The van der Waals surface area contributed by atoms with Crippen molar-refractivity contribution >= 4 is 17.0 Å². The molecule has 3 aromatic rings. The van der Waals surface area contributed by atoms with Crippen molar-refractivity contribution < 1.29 is 4.42 Å². The van der Waals surface area contributed by atoms with E-state index in [0.717, 1.165) is 18.7 Å². The summed E-state index contributed by atoms with van der Waals surface area (Å²) in [7, 11) is 2.14. The van der Waals surface area contributed by atoms with E-state index in [1.165, 1.54) is 22.1 Å². The van der Waals surface area contributed by atoms with Gasteiger partial charge < -0.3 is 4.42 Å². The Morgan fingerprint density at radius 1 is 1.05 bits per heavy atom. The molecule has 0 atom stereocenters. The maximum atomic E-state index is 5.61. The smallest absolute Gasteiger partial charge is 0.138 e. The maximum Gasteiger partial charge on any atom is 0.138 e. The van der Waals surface area contributed by atoms with Crippen LogP contribution in [0.1, 0.15) is 18.1 Å². The van der Waals surface area contributed by atoms with Crippen LogP contribution in [-0.4, -0.2) is 18.5 Å². The number of nitrogens with zero attached hydrogens (tertiary/aromatic N) is 1. The Kier molecular flexibility index (Phi) is 4.40. The van der Waals surface area contributed by atoms with Gasteiger partial charge in [0.15, 0.2) is 0 Å². The number of fused-ring (bicyclic) bond motifs is 1. The first-order chi connectivity index (χ1) is 10.7. The Balaban J connectivity index is 1.69. The molecule has 0 spiro atoms. The van der Waals surface area contributed by atoms with Crippen LogP contribution in [0.25, 0.3) is 17.0 Å². The molecule has 0 aliphatic rings. The second-order valence-electron chi connectivity index (χ2n) is 5.83. The summed E-state index contributed by atoms with van der Waals surface area (Å²) in [6.07, 6.45) is 4.00. The van der Waals surface area contributed by atoms with Crippen molar-refractivity contribution in [3.8, 4) is 0 Å². The fraction of sp³-hybridized carbons (Fsp3) is 0.200. The van der Waals surface area contributed by atoms with Gasteiger partial charge in [0, 0.05) is 24.0 Å². The zero-order chi connectivity index (χ0) is 15.4. The van der Waals surface area contributed by atoms with Crippen molar-refractivity contribution in [2.45, 2.75) is 13.5 Å². The van der Waals surface area contributed by atoms with Gasteiger partial charge in [0.1, 0.15) is 5.58 Å². The van der Waals surface area contributed by atoms with Gasteiger partial charge in [-0.1, -0.05) is 60.2 Å². The third kappa shape index (κ3) is 3.46. The van der Waals surface area contributed by atoms with Crippen LogP contribution >= 0.6 is 0 Å².